The van der Waals surface area contributed by atoms with Crippen LogP contribution in [0.15, 0.2) is 95.8 Å². The summed E-state index contributed by atoms with van der Waals surface area (Å²) in [4.78, 5) is 7.28. The van der Waals surface area contributed by atoms with Crippen molar-refractivity contribution in [2.45, 2.75) is 12.6 Å². The van der Waals surface area contributed by atoms with Crippen molar-refractivity contribution in [2.75, 3.05) is 11.4 Å². The van der Waals surface area contributed by atoms with Gasteiger partial charge < -0.3 is 10.2 Å². The standard InChI is InChI=1S/C24H20ClN3/c25-19-11-12-22-21(14-19)24(18-9-5-2-6-10-18)26-15-23-27-20(16-28(22)23)13-17-7-3-1-4-8-17/h1-12,14,16,23,27H,13,15H2. The molecule has 4 heteroatoms. The van der Waals surface area contributed by atoms with E-state index in [4.69, 9.17) is 16.6 Å². The van der Waals surface area contributed by atoms with E-state index in [-0.39, 0.29) is 6.17 Å². The molecule has 0 bridgehead atoms. The molecule has 3 nitrogen and oxygen atoms in total. The van der Waals surface area contributed by atoms with Crippen molar-refractivity contribution in [2.24, 2.45) is 4.99 Å². The Labute approximate surface area is 170 Å². The molecule has 2 aliphatic heterocycles. The monoisotopic (exact) mass is 385 g/mol. The van der Waals surface area contributed by atoms with Crippen molar-refractivity contribution in [1.29, 1.82) is 0 Å². The number of nitrogens with one attached hydrogen (secondary N) is 1. The highest BCUT2D eigenvalue weighted by molar-refractivity contribution is 6.31. The number of aliphatic imine (C=N–C) groups is 1. The van der Waals surface area contributed by atoms with Gasteiger partial charge in [0.25, 0.3) is 0 Å². The molecule has 0 spiro atoms. The zero-order valence-corrected chi connectivity index (χ0v) is 16.1. The van der Waals surface area contributed by atoms with Crippen LogP contribution in [0.4, 0.5) is 5.69 Å². The molecule has 0 aromatic heterocycles. The summed E-state index contributed by atoms with van der Waals surface area (Å²) in [7, 11) is 0. The second kappa shape index (κ2) is 7.17. The first-order chi connectivity index (χ1) is 13.8. The molecule has 1 unspecified atom stereocenters. The first-order valence-electron chi connectivity index (χ1n) is 9.47. The minimum atomic E-state index is 0.111. The number of anilines is 1. The van der Waals surface area contributed by atoms with E-state index in [0.717, 1.165) is 34.0 Å². The molecule has 1 N–H and O–H groups in total. The fourth-order valence-electron chi connectivity index (χ4n) is 3.89. The van der Waals surface area contributed by atoms with Crippen molar-refractivity contribution in [3.05, 3.63) is 112 Å². The molecular formula is C24H20ClN3. The van der Waals surface area contributed by atoms with Crippen LogP contribution in [-0.2, 0) is 6.42 Å². The van der Waals surface area contributed by atoms with E-state index in [9.17, 15) is 0 Å². The lowest BCUT2D eigenvalue weighted by atomic mass is 10.0. The third-order valence-electron chi connectivity index (χ3n) is 5.18. The van der Waals surface area contributed by atoms with Crippen molar-refractivity contribution in [3.63, 3.8) is 0 Å². The van der Waals surface area contributed by atoms with Crippen molar-refractivity contribution < 1.29 is 0 Å². The summed E-state index contributed by atoms with van der Waals surface area (Å²) in [6.07, 6.45) is 3.21. The van der Waals surface area contributed by atoms with Gasteiger partial charge in [-0.1, -0.05) is 72.3 Å². The summed E-state index contributed by atoms with van der Waals surface area (Å²) in [6, 6.07) is 26.9. The lowest BCUT2D eigenvalue weighted by molar-refractivity contribution is 0.617. The number of nitrogens with zero attached hydrogens (tertiary/aromatic N) is 2. The van der Waals surface area contributed by atoms with Crippen LogP contribution in [0.2, 0.25) is 5.02 Å². The molecule has 0 saturated carbocycles. The highest BCUT2D eigenvalue weighted by Gasteiger charge is 2.30. The van der Waals surface area contributed by atoms with Gasteiger partial charge in [0.15, 0.2) is 0 Å². The Kier molecular flexibility index (Phi) is 4.38. The van der Waals surface area contributed by atoms with Crippen LogP contribution >= 0.6 is 11.6 Å². The van der Waals surface area contributed by atoms with E-state index < -0.39 is 0 Å². The average molecular weight is 386 g/mol. The maximum Gasteiger partial charge on any atom is 0.123 e. The van der Waals surface area contributed by atoms with Crippen LogP contribution in [0.5, 0.6) is 0 Å². The van der Waals surface area contributed by atoms with Crippen LogP contribution in [0.3, 0.4) is 0 Å². The lowest BCUT2D eigenvalue weighted by Crippen LogP contribution is -2.38. The minimum Gasteiger partial charge on any atom is -0.365 e. The van der Waals surface area contributed by atoms with Gasteiger partial charge >= 0.3 is 0 Å². The smallest absolute Gasteiger partial charge is 0.123 e. The van der Waals surface area contributed by atoms with Crippen molar-refractivity contribution in [3.8, 4) is 0 Å². The van der Waals surface area contributed by atoms with Gasteiger partial charge in [0, 0.05) is 34.5 Å². The van der Waals surface area contributed by atoms with Crippen LogP contribution in [0.25, 0.3) is 0 Å². The molecule has 5 rings (SSSR count). The largest absolute Gasteiger partial charge is 0.365 e. The SMILES string of the molecule is Clc1ccc2c(c1)C(c1ccccc1)=NCC1NC(Cc3ccccc3)=CN21. The summed E-state index contributed by atoms with van der Waals surface area (Å²) < 4.78 is 0. The molecule has 2 aliphatic rings. The van der Waals surface area contributed by atoms with Gasteiger partial charge in [-0.15, -0.1) is 0 Å². The van der Waals surface area contributed by atoms with Crippen LogP contribution in [0.1, 0.15) is 16.7 Å². The summed E-state index contributed by atoms with van der Waals surface area (Å²) in [5.74, 6) is 0. The van der Waals surface area contributed by atoms with Gasteiger partial charge in [-0.3, -0.25) is 4.99 Å². The van der Waals surface area contributed by atoms with E-state index in [1.807, 2.05) is 36.4 Å². The Morgan fingerprint density at radius 1 is 0.964 bits per heavy atom. The molecular weight excluding hydrogens is 366 g/mol. The Balaban J connectivity index is 1.54. The van der Waals surface area contributed by atoms with E-state index in [1.54, 1.807) is 0 Å². The fourth-order valence-corrected chi connectivity index (χ4v) is 4.06. The summed E-state index contributed by atoms with van der Waals surface area (Å²) in [6.45, 7) is 0.672. The van der Waals surface area contributed by atoms with Crippen LogP contribution in [0, 0.1) is 0 Å². The lowest BCUT2D eigenvalue weighted by Gasteiger charge is -2.24. The van der Waals surface area contributed by atoms with Gasteiger partial charge in [0.05, 0.1) is 17.9 Å². The van der Waals surface area contributed by atoms with Crippen molar-refractivity contribution >= 4 is 23.0 Å². The predicted octanol–water partition coefficient (Wildman–Crippen LogP) is 5.01. The Morgan fingerprint density at radius 2 is 1.71 bits per heavy atom. The van der Waals surface area contributed by atoms with Crippen LogP contribution < -0.4 is 10.2 Å². The Hall–Kier alpha value is -3.04. The summed E-state index contributed by atoms with van der Waals surface area (Å²) in [5, 5.41) is 4.38. The second-order valence-corrected chi connectivity index (χ2v) is 7.54. The number of hydrogen-bond acceptors (Lipinski definition) is 3. The minimum absolute atomic E-state index is 0.111. The third-order valence-corrected chi connectivity index (χ3v) is 5.42. The van der Waals surface area contributed by atoms with Crippen molar-refractivity contribution in [1.82, 2.24) is 5.32 Å². The quantitative estimate of drug-likeness (QED) is 0.686. The van der Waals surface area contributed by atoms with Gasteiger partial charge in [0.2, 0.25) is 0 Å². The van der Waals surface area contributed by atoms with E-state index in [0.29, 0.717) is 6.54 Å². The maximum atomic E-state index is 6.36. The topological polar surface area (TPSA) is 27.6 Å². The summed E-state index contributed by atoms with van der Waals surface area (Å²) in [5.41, 5.74) is 6.80. The normalized spacial score (nSPS) is 17.8. The molecule has 3 aromatic rings. The highest BCUT2D eigenvalue weighted by atomic mass is 35.5. The number of hydrogen-bond donors (Lipinski definition) is 1. The second-order valence-electron chi connectivity index (χ2n) is 7.10. The number of halogens is 1. The number of fused-ring (bicyclic) bond motifs is 3. The molecule has 0 fully saturated rings. The Bertz CT molecular complexity index is 1060. The zero-order valence-electron chi connectivity index (χ0n) is 15.3. The zero-order chi connectivity index (χ0) is 18.9. The van der Waals surface area contributed by atoms with E-state index in [1.165, 1.54) is 11.3 Å². The van der Waals surface area contributed by atoms with Gasteiger partial charge in [-0.25, -0.2) is 0 Å². The molecule has 0 saturated heterocycles. The highest BCUT2D eigenvalue weighted by Crippen LogP contribution is 2.33. The molecule has 2 heterocycles. The fraction of sp³-hybridized carbons (Fsp3) is 0.125. The molecule has 1 atom stereocenters. The first kappa shape index (κ1) is 17.1. The molecule has 0 radical (unpaired) electrons. The molecule has 0 amide bonds. The average Bonchev–Trinajstić information content (AvgIpc) is 3.06. The molecule has 3 aromatic carbocycles. The maximum absolute atomic E-state index is 6.36. The number of allylic oxidation sites excluding steroid dienone is 1. The Morgan fingerprint density at radius 3 is 2.50 bits per heavy atom. The first-order valence-corrected chi connectivity index (χ1v) is 9.85. The van der Waals surface area contributed by atoms with E-state index >= 15 is 0 Å². The molecule has 138 valence electrons. The van der Waals surface area contributed by atoms with Gasteiger partial charge in [-0.2, -0.15) is 0 Å². The predicted molar refractivity (Wildman–Crippen MR) is 116 cm³/mol. The molecule has 0 aliphatic carbocycles. The molecule has 28 heavy (non-hydrogen) atoms. The summed E-state index contributed by atoms with van der Waals surface area (Å²) >= 11 is 6.36. The van der Waals surface area contributed by atoms with E-state index in [2.05, 4.69) is 58.9 Å². The van der Waals surface area contributed by atoms with Gasteiger partial charge in [-0.05, 0) is 23.8 Å². The van der Waals surface area contributed by atoms with Crippen LogP contribution in [-0.4, -0.2) is 18.4 Å². The number of rotatable bonds is 3. The van der Waals surface area contributed by atoms with Gasteiger partial charge in [0.1, 0.15) is 6.17 Å². The third kappa shape index (κ3) is 3.19. The number of benzene rings is 3.